The predicted octanol–water partition coefficient (Wildman–Crippen LogP) is -0.455. The second-order valence-electron chi connectivity index (χ2n) is 5.97. The van der Waals surface area contributed by atoms with E-state index in [0.29, 0.717) is 5.56 Å². The third kappa shape index (κ3) is 2.97. The zero-order valence-corrected chi connectivity index (χ0v) is 12.4. The standard InChI is InChI=1S/C17H20O6/c18-9-13-14(19)15(20)16(21)17(22,23-13)8-10-5-6-11-3-1-2-4-12(11)7-10/h1-7,13-16,18-22H,8-9H2/t13-,14-,15+,16-,17?/m1/s1. The summed E-state index contributed by atoms with van der Waals surface area (Å²) in [6.07, 6.45) is -6.01. The van der Waals surface area contributed by atoms with Gasteiger partial charge in [-0.2, -0.15) is 0 Å². The Labute approximate surface area is 133 Å². The van der Waals surface area contributed by atoms with Gasteiger partial charge in [0.2, 0.25) is 0 Å². The SMILES string of the molecule is OC[C@H]1OC(O)(Cc2ccc3ccccc3c2)[C@H](O)[C@@H](O)[C@@H]1O. The van der Waals surface area contributed by atoms with Gasteiger partial charge in [-0.15, -0.1) is 0 Å². The molecule has 0 bridgehead atoms. The van der Waals surface area contributed by atoms with Gasteiger partial charge in [0.15, 0.2) is 5.79 Å². The Morgan fingerprint density at radius 1 is 0.957 bits per heavy atom. The van der Waals surface area contributed by atoms with Crippen molar-refractivity contribution in [2.45, 2.75) is 36.6 Å². The van der Waals surface area contributed by atoms with Gasteiger partial charge < -0.3 is 30.3 Å². The van der Waals surface area contributed by atoms with E-state index in [1.54, 1.807) is 6.07 Å². The molecule has 1 aliphatic rings. The number of fused-ring (bicyclic) bond motifs is 1. The first-order valence-corrected chi connectivity index (χ1v) is 7.47. The van der Waals surface area contributed by atoms with Crippen molar-refractivity contribution in [2.75, 3.05) is 6.61 Å². The Morgan fingerprint density at radius 3 is 2.35 bits per heavy atom. The summed E-state index contributed by atoms with van der Waals surface area (Å²) in [7, 11) is 0. The molecule has 1 heterocycles. The van der Waals surface area contributed by atoms with E-state index in [1.807, 2.05) is 36.4 Å². The molecule has 1 aliphatic heterocycles. The van der Waals surface area contributed by atoms with Gasteiger partial charge in [0, 0.05) is 6.42 Å². The van der Waals surface area contributed by atoms with Crippen LogP contribution in [-0.4, -0.2) is 62.3 Å². The quantitative estimate of drug-likeness (QED) is 0.524. The number of benzene rings is 2. The molecule has 1 unspecified atom stereocenters. The molecule has 5 N–H and O–H groups in total. The molecule has 1 saturated heterocycles. The molecule has 23 heavy (non-hydrogen) atoms. The number of aliphatic hydroxyl groups is 5. The van der Waals surface area contributed by atoms with Crippen LogP contribution in [0.25, 0.3) is 10.8 Å². The highest BCUT2D eigenvalue weighted by molar-refractivity contribution is 5.83. The van der Waals surface area contributed by atoms with Crippen molar-refractivity contribution in [1.82, 2.24) is 0 Å². The Morgan fingerprint density at radius 2 is 1.65 bits per heavy atom. The van der Waals surface area contributed by atoms with E-state index in [4.69, 9.17) is 4.74 Å². The van der Waals surface area contributed by atoms with Crippen LogP contribution >= 0.6 is 0 Å². The van der Waals surface area contributed by atoms with E-state index < -0.39 is 36.8 Å². The van der Waals surface area contributed by atoms with Crippen molar-refractivity contribution in [3.63, 3.8) is 0 Å². The van der Waals surface area contributed by atoms with Crippen molar-refractivity contribution in [1.29, 1.82) is 0 Å². The second-order valence-corrected chi connectivity index (χ2v) is 5.97. The molecule has 0 amide bonds. The number of hydrogen-bond acceptors (Lipinski definition) is 6. The molecule has 3 rings (SSSR count). The van der Waals surface area contributed by atoms with Gasteiger partial charge in [-0.1, -0.05) is 42.5 Å². The fourth-order valence-corrected chi connectivity index (χ4v) is 3.01. The van der Waals surface area contributed by atoms with E-state index in [2.05, 4.69) is 0 Å². The van der Waals surface area contributed by atoms with Crippen LogP contribution in [0.3, 0.4) is 0 Å². The molecule has 6 nitrogen and oxygen atoms in total. The van der Waals surface area contributed by atoms with Gasteiger partial charge in [0.1, 0.15) is 24.4 Å². The van der Waals surface area contributed by atoms with Gasteiger partial charge in [-0.25, -0.2) is 0 Å². The van der Waals surface area contributed by atoms with Crippen LogP contribution in [0.15, 0.2) is 42.5 Å². The lowest BCUT2D eigenvalue weighted by atomic mass is 9.88. The van der Waals surface area contributed by atoms with Crippen LogP contribution in [0.2, 0.25) is 0 Å². The predicted molar refractivity (Wildman–Crippen MR) is 82.6 cm³/mol. The highest BCUT2D eigenvalue weighted by atomic mass is 16.7. The van der Waals surface area contributed by atoms with Gasteiger partial charge in [-0.3, -0.25) is 0 Å². The zero-order valence-electron chi connectivity index (χ0n) is 12.4. The summed E-state index contributed by atoms with van der Waals surface area (Å²) >= 11 is 0. The second kappa shape index (κ2) is 6.16. The van der Waals surface area contributed by atoms with Crippen molar-refractivity contribution in [2.24, 2.45) is 0 Å². The van der Waals surface area contributed by atoms with Gasteiger partial charge >= 0.3 is 0 Å². The normalized spacial score (nSPS) is 34.7. The van der Waals surface area contributed by atoms with E-state index >= 15 is 0 Å². The smallest absolute Gasteiger partial charge is 0.199 e. The first-order valence-electron chi connectivity index (χ1n) is 7.47. The van der Waals surface area contributed by atoms with Crippen LogP contribution in [0, 0.1) is 0 Å². The lowest BCUT2D eigenvalue weighted by Gasteiger charge is -2.45. The molecular weight excluding hydrogens is 300 g/mol. The number of rotatable bonds is 3. The third-order valence-electron chi connectivity index (χ3n) is 4.32. The molecule has 1 fully saturated rings. The van der Waals surface area contributed by atoms with E-state index in [9.17, 15) is 25.5 Å². The Balaban J connectivity index is 1.89. The Bertz CT molecular complexity index is 688. The molecule has 2 aromatic carbocycles. The average Bonchev–Trinajstić information content (AvgIpc) is 2.56. The summed E-state index contributed by atoms with van der Waals surface area (Å²) < 4.78 is 5.28. The lowest BCUT2D eigenvalue weighted by molar-refractivity contribution is -0.348. The number of hydrogen-bond donors (Lipinski definition) is 5. The molecule has 5 atom stereocenters. The van der Waals surface area contributed by atoms with Gasteiger partial charge in [0.25, 0.3) is 0 Å². The summed E-state index contributed by atoms with van der Waals surface area (Å²) in [4.78, 5) is 0. The number of aliphatic hydroxyl groups excluding tert-OH is 4. The van der Waals surface area contributed by atoms with Crippen molar-refractivity contribution >= 4 is 10.8 Å². The topological polar surface area (TPSA) is 110 Å². The third-order valence-corrected chi connectivity index (χ3v) is 4.32. The Kier molecular flexibility index (Phi) is 4.37. The molecule has 0 aliphatic carbocycles. The zero-order chi connectivity index (χ0) is 16.6. The molecule has 6 heteroatoms. The van der Waals surface area contributed by atoms with E-state index in [-0.39, 0.29) is 6.42 Å². The van der Waals surface area contributed by atoms with E-state index in [0.717, 1.165) is 10.8 Å². The van der Waals surface area contributed by atoms with Crippen LogP contribution in [0.5, 0.6) is 0 Å². The fraction of sp³-hybridized carbons (Fsp3) is 0.412. The number of ether oxygens (including phenoxy) is 1. The van der Waals surface area contributed by atoms with Crippen LogP contribution in [0.1, 0.15) is 5.56 Å². The molecule has 2 aromatic rings. The molecule has 0 saturated carbocycles. The first kappa shape index (κ1) is 16.3. The monoisotopic (exact) mass is 320 g/mol. The molecule has 124 valence electrons. The summed E-state index contributed by atoms with van der Waals surface area (Å²) in [5.41, 5.74) is 0.700. The minimum Gasteiger partial charge on any atom is -0.394 e. The summed E-state index contributed by atoms with van der Waals surface area (Å²) in [5, 5.41) is 51.5. The maximum atomic E-state index is 10.6. The summed E-state index contributed by atoms with van der Waals surface area (Å²) in [6.45, 7) is -0.578. The van der Waals surface area contributed by atoms with E-state index in [1.165, 1.54) is 0 Å². The molecule has 0 aromatic heterocycles. The maximum absolute atomic E-state index is 10.6. The van der Waals surface area contributed by atoms with Crippen LogP contribution < -0.4 is 0 Å². The summed E-state index contributed by atoms with van der Waals surface area (Å²) in [6, 6.07) is 13.2. The minimum atomic E-state index is -2.09. The molecular formula is C17H20O6. The highest BCUT2D eigenvalue weighted by Crippen LogP contribution is 2.31. The highest BCUT2D eigenvalue weighted by Gasteiger charge is 2.52. The molecule has 0 spiro atoms. The van der Waals surface area contributed by atoms with Crippen molar-refractivity contribution in [3.05, 3.63) is 48.0 Å². The fourth-order valence-electron chi connectivity index (χ4n) is 3.01. The maximum Gasteiger partial charge on any atom is 0.199 e. The largest absolute Gasteiger partial charge is 0.394 e. The van der Waals surface area contributed by atoms with Gasteiger partial charge in [0.05, 0.1) is 6.61 Å². The first-order chi connectivity index (χ1) is 10.9. The average molecular weight is 320 g/mol. The van der Waals surface area contributed by atoms with Gasteiger partial charge in [-0.05, 0) is 16.3 Å². The van der Waals surface area contributed by atoms with Crippen molar-refractivity contribution in [3.8, 4) is 0 Å². The Hall–Kier alpha value is -1.54. The summed E-state index contributed by atoms with van der Waals surface area (Å²) in [5.74, 6) is -2.09. The van der Waals surface area contributed by atoms with Crippen molar-refractivity contribution < 1.29 is 30.3 Å². The van der Waals surface area contributed by atoms with Crippen LogP contribution in [0.4, 0.5) is 0 Å². The lowest BCUT2D eigenvalue weighted by Crippen LogP contribution is -2.65. The minimum absolute atomic E-state index is 0.0840. The molecule has 0 radical (unpaired) electrons. The van der Waals surface area contributed by atoms with Crippen LogP contribution in [-0.2, 0) is 11.2 Å².